The topological polar surface area (TPSA) is 37.8 Å². The monoisotopic (exact) mass is 283 g/mol. The highest BCUT2D eigenvalue weighted by Crippen LogP contribution is 2.38. The lowest BCUT2D eigenvalue weighted by molar-refractivity contribution is 0.215. The number of nitrogens with zero attached hydrogens (tertiary/aromatic N) is 2. The molecule has 0 spiro atoms. The molecule has 0 saturated heterocycles. The zero-order valence-electron chi connectivity index (χ0n) is 13.0. The van der Waals surface area contributed by atoms with Crippen LogP contribution in [0.5, 0.6) is 0 Å². The Morgan fingerprint density at radius 2 is 2.00 bits per heavy atom. The molecule has 1 fully saturated rings. The van der Waals surface area contributed by atoms with Gasteiger partial charge in [-0.2, -0.15) is 0 Å². The Labute approximate surface area is 127 Å². The second kappa shape index (κ2) is 6.52. The summed E-state index contributed by atoms with van der Waals surface area (Å²) in [6.07, 6.45) is 10.3. The number of aromatic nitrogens is 2. The summed E-state index contributed by atoms with van der Waals surface area (Å²) in [6.45, 7) is 2.33. The van der Waals surface area contributed by atoms with E-state index in [0.717, 1.165) is 22.9 Å². The van der Waals surface area contributed by atoms with E-state index in [1.54, 1.807) is 12.4 Å². The van der Waals surface area contributed by atoms with Gasteiger partial charge in [0.1, 0.15) is 0 Å². The van der Waals surface area contributed by atoms with Crippen molar-refractivity contribution in [2.45, 2.75) is 45.1 Å². The van der Waals surface area contributed by atoms with Gasteiger partial charge in [0.05, 0.1) is 11.0 Å². The van der Waals surface area contributed by atoms with Crippen LogP contribution in [0.15, 0.2) is 30.6 Å². The predicted molar refractivity (Wildman–Crippen MR) is 87.1 cm³/mol. The van der Waals surface area contributed by atoms with Crippen LogP contribution >= 0.6 is 0 Å². The number of fused-ring (bicyclic) bond motifs is 1. The highest BCUT2D eigenvalue weighted by Gasteiger charge is 2.28. The van der Waals surface area contributed by atoms with E-state index < -0.39 is 0 Å². The fraction of sp³-hybridized carbons (Fsp3) is 0.556. The molecule has 3 nitrogen and oxygen atoms in total. The van der Waals surface area contributed by atoms with Gasteiger partial charge in [-0.1, -0.05) is 32.3 Å². The molecule has 2 aromatic rings. The largest absolute Gasteiger partial charge is 0.313 e. The maximum Gasteiger partial charge on any atom is 0.0890 e. The Bertz CT molecular complexity index is 596. The summed E-state index contributed by atoms with van der Waals surface area (Å²) in [7, 11) is 2.08. The molecule has 1 aromatic carbocycles. The van der Waals surface area contributed by atoms with E-state index in [0.29, 0.717) is 6.04 Å². The molecule has 3 unspecified atom stereocenters. The van der Waals surface area contributed by atoms with Crippen molar-refractivity contribution in [3.63, 3.8) is 0 Å². The molecule has 3 heteroatoms. The van der Waals surface area contributed by atoms with Crippen LogP contribution in [0.1, 0.15) is 50.6 Å². The average molecular weight is 283 g/mol. The Balaban J connectivity index is 1.86. The molecule has 21 heavy (non-hydrogen) atoms. The molecular weight excluding hydrogens is 258 g/mol. The first-order valence-electron chi connectivity index (χ1n) is 8.19. The molecule has 0 amide bonds. The molecule has 112 valence electrons. The van der Waals surface area contributed by atoms with Crippen molar-refractivity contribution in [2.24, 2.45) is 11.8 Å². The van der Waals surface area contributed by atoms with Crippen molar-refractivity contribution >= 4 is 11.0 Å². The Hall–Kier alpha value is -1.48. The van der Waals surface area contributed by atoms with E-state index >= 15 is 0 Å². The summed E-state index contributed by atoms with van der Waals surface area (Å²) in [5, 5.41) is 3.55. The van der Waals surface area contributed by atoms with Gasteiger partial charge in [0, 0.05) is 18.4 Å². The van der Waals surface area contributed by atoms with Gasteiger partial charge in [0.15, 0.2) is 0 Å². The van der Waals surface area contributed by atoms with Crippen LogP contribution in [0.4, 0.5) is 0 Å². The average Bonchev–Trinajstić information content (AvgIpc) is 2.56. The third-order valence-electron chi connectivity index (χ3n) is 5.04. The number of hydrogen-bond acceptors (Lipinski definition) is 3. The van der Waals surface area contributed by atoms with Gasteiger partial charge < -0.3 is 5.32 Å². The SMILES string of the molecule is CCC1CCCC(C(NC)c2ccc3nccnc3c2)C1. The lowest BCUT2D eigenvalue weighted by Crippen LogP contribution is -2.29. The molecule has 3 atom stereocenters. The molecule has 0 bridgehead atoms. The Kier molecular flexibility index (Phi) is 4.49. The van der Waals surface area contributed by atoms with Crippen LogP contribution in [0.2, 0.25) is 0 Å². The van der Waals surface area contributed by atoms with Crippen LogP contribution in [-0.4, -0.2) is 17.0 Å². The van der Waals surface area contributed by atoms with Crippen molar-refractivity contribution in [3.05, 3.63) is 36.2 Å². The molecule has 0 aliphatic heterocycles. The van der Waals surface area contributed by atoms with E-state index in [2.05, 4.69) is 47.5 Å². The summed E-state index contributed by atoms with van der Waals surface area (Å²) < 4.78 is 0. The second-order valence-electron chi connectivity index (χ2n) is 6.27. The van der Waals surface area contributed by atoms with Gasteiger partial charge in [0.25, 0.3) is 0 Å². The van der Waals surface area contributed by atoms with E-state index in [9.17, 15) is 0 Å². The number of benzene rings is 1. The molecular formula is C18H25N3. The van der Waals surface area contributed by atoms with Crippen LogP contribution in [0.3, 0.4) is 0 Å². The molecule has 1 aliphatic carbocycles. The van der Waals surface area contributed by atoms with Crippen molar-refractivity contribution in [1.82, 2.24) is 15.3 Å². The number of hydrogen-bond donors (Lipinski definition) is 1. The summed E-state index contributed by atoms with van der Waals surface area (Å²) in [6, 6.07) is 6.96. The Morgan fingerprint density at radius 1 is 1.19 bits per heavy atom. The minimum atomic E-state index is 0.436. The maximum absolute atomic E-state index is 4.44. The number of nitrogens with one attached hydrogen (secondary N) is 1. The van der Waals surface area contributed by atoms with E-state index in [-0.39, 0.29) is 0 Å². The van der Waals surface area contributed by atoms with Crippen molar-refractivity contribution in [2.75, 3.05) is 7.05 Å². The van der Waals surface area contributed by atoms with Crippen LogP contribution in [-0.2, 0) is 0 Å². The maximum atomic E-state index is 4.44. The van der Waals surface area contributed by atoms with Gasteiger partial charge >= 0.3 is 0 Å². The van der Waals surface area contributed by atoms with Crippen molar-refractivity contribution < 1.29 is 0 Å². The fourth-order valence-corrected chi connectivity index (χ4v) is 3.85. The number of rotatable bonds is 4. The van der Waals surface area contributed by atoms with Crippen molar-refractivity contribution in [3.8, 4) is 0 Å². The molecule has 1 N–H and O–H groups in total. The fourth-order valence-electron chi connectivity index (χ4n) is 3.85. The van der Waals surface area contributed by atoms with E-state index in [1.165, 1.54) is 37.7 Å². The first-order valence-corrected chi connectivity index (χ1v) is 8.19. The van der Waals surface area contributed by atoms with Gasteiger partial charge in [0.2, 0.25) is 0 Å². The summed E-state index contributed by atoms with van der Waals surface area (Å²) in [5.41, 5.74) is 3.33. The minimum Gasteiger partial charge on any atom is -0.313 e. The molecule has 0 radical (unpaired) electrons. The minimum absolute atomic E-state index is 0.436. The van der Waals surface area contributed by atoms with Gasteiger partial charge in [-0.05, 0) is 49.4 Å². The van der Waals surface area contributed by atoms with Crippen LogP contribution in [0.25, 0.3) is 11.0 Å². The zero-order chi connectivity index (χ0) is 14.7. The normalized spacial score (nSPS) is 24.1. The third kappa shape index (κ3) is 3.08. The summed E-state index contributed by atoms with van der Waals surface area (Å²) in [5.74, 6) is 1.64. The lowest BCUT2D eigenvalue weighted by atomic mass is 9.75. The highest BCUT2D eigenvalue weighted by molar-refractivity contribution is 5.74. The lowest BCUT2D eigenvalue weighted by Gasteiger charge is -2.34. The molecule has 3 rings (SSSR count). The van der Waals surface area contributed by atoms with E-state index in [4.69, 9.17) is 0 Å². The first-order chi connectivity index (χ1) is 10.3. The summed E-state index contributed by atoms with van der Waals surface area (Å²) in [4.78, 5) is 8.81. The second-order valence-corrected chi connectivity index (χ2v) is 6.27. The highest BCUT2D eigenvalue weighted by atomic mass is 14.9. The van der Waals surface area contributed by atoms with Crippen LogP contribution in [0, 0.1) is 11.8 Å². The smallest absolute Gasteiger partial charge is 0.0890 e. The Morgan fingerprint density at radius 3 is 2.76 bits per heavy atom. The van der Waals surface area contributed by atoms with Gasteiger partial charge in [-0.3, -0.25) is 9.97 Å². The van der Waals surface area contributed by atoms with Gasteiger partial charge in [-0.15, -0.1) is 0 Å². The molecule has 1 aromatic heterocycles. The zero-order valence-corrected chi connectivity index (χ0v) is 13.0. The first kappa shape index (κ1) is 14.5. The third-order valence-corrected chi connectivity index (χ3v) is 5.04. The quantitative estimate of drug-likeness (QED) is 0.917. The predicted octanol–water partition coefficient (Wildman–Crippen LogP) is 4.11. The molecule has 1 aliphatic rings. The standard InChI is InChI=1S/C18H25N3/c1-3-13-5-4-6-14(11-13)18(19-2)15-7-8-16-17(12-15)21-10-9-20-16/h7-10,12-14,18-19H,3-6,11H2,1-2H3. The summed E-state index contributed by atoms with van der Waals surface area (Å²) >= 11 is 0. The van der Waals surface area contributed by atoms with Crippen LogP contribution < -0.4 is 5.32 Å². The molecule has 1 saturated carbocycles. The van der Waals surface area contributed by atoms with E-state index in [1.807, 2.05) is 0 Å². The van der Waals surface area contributed by atoms with Gasteiger partial charge in [-0.25, -0.2) is 0 Å². The molecule has 1 heterocycles. The van der Waals surface area contributed by atoms with Crippen molar-refractivity contribution in [1.29, 1.82) is 0 Å².